The smallest absolute Gasteiger partial charge is 0.309 e. The highest BCUT2D eigenvalue weighted by Gasteiger charge is 2.25. The minimum Gasteiger partial charge on any atom is -0.348 e. The largest absolute Gasteiger partial charge is 0.348 e. The topological polar surface area (TPSA) is 91.4 Å². The van der Waals surface area contributed by atoms with Gasteiger partial charge in [0, 0.05) is 37.6 Å². The van der Waals surface area contributed by atoms with E-state index in [1.54, 1.807) is 24.5 Å². The number of hydrogen-bond donors (Lipinski definition) is 2. The number of rotatable bonds is 5. The van der Waals surface area contributed by atoms with Crippen LogP contribution >= 0.6 is 0 Å². The summed E-state index contributed by atoms with van der Waals surface area (Å²) in [6.45, 7) is 3.55. The molecule has 1 aromatic carbocycles. The second kappa shape index (κ2) is 9.82. The molecular weight excluding hydrogens is 368 g/mol. The fraction of sp³-hybridized carbons (Fsp3) is 0.364. The van der Waals surface area contributed by atoms with Crippen LogP contribution in [0.4, 0.5) is 0 Å². The minimum absolute atomic E-state index is 0.00385. The van der Waals surface area contributed by atoms with Crippen molar-refractivity contribution < 1.29 is 14.4 Å². The molecule has 3 rings (SSSR count). The third kappa shape index (κ3) is 5.63. The lowest BCUT2D eigenvalue weighted by Crippen LogP contribution is -2.45. The molecule has 1 saturated heterocycles. The van der Waals surface area contributed by atoms with Gasteiger partial charge in [-0.2, -0.15) is 0 Å². The van der Waals surface area contributed by atoms with Crippen LogP contribution in [0.1, 0.15) is 41.7 Å². The van der Waals surface area contributed by atoms with Crippen molar-refractivity contribution >= 4 is 17.7 Å². The van der Waals surface area contributed by atoms with Gasteiger partial charge in [0.15, 0.2) is 0 Å². The molecule has 2 N–H and O–H groups in total. The molecule has 29 heavy (non-hydrogen) atoms. The van der Waals surface area contributed by atoms with Gasteiger partial charge in [-0.15, -0.1) is 0 Å². The molecule has 1 unspecified atom stereocenters. The number of benzene rings is 1. The molecule has 0 aliphatic carbocycles. The summed E-state index contributed by atoms with van der Waals surface area (Å²) in [6.07, 6.45) is 4.80. The van der Waals surface area contributed by atoms with Gasteiger partial charge in [-0.3, -0.25) is 19.4 Å². The molecule has 7 heteroatoms. The first-order valence-corrected chi connectivity index (χ1v) is 9.87. The maximum Gasteiger partial charge on any atom is 0.309 e. The highest BCUT2D eigenvalue weighted by atomic mass is 16.2. The predicted molar refractivity (Wildman–Crippen MR) is 109 cm³/mol. The van der Waals surface area contributed by atoms with Crippen LogP contribution in [0, 0.1) is 5.92 Å². The number of hydrogen-bond acceptors (Lipinski definition) is 4. The SMILES string of the molecule is CC(NC(=O)C(=O)NCC1CCN(C(=O)c2ccncc2)CC1)c1ccccc1. The summed E-state index contributed by atoms with van der Waals surface area (Å²) >= 11 is 0. The summed E-state index contributed by atoms with van der Waals surface area (Å²) in [5, 5.41) is 5.44. The van der Waals surface area contributed by atoms with E-state index in [9.17, 15) is 14.4 Å². The first-order chi connectivity index (χ1) is 14.0. The fourth-order valence-corrected chi connectivity index (χ4v) is 3.42. The summed E-state index contributed by atoms with van der Waals surface area (Å²) in [7, 11) is 0. The first kappa shape index (κ1) is 20.5. The molecule has 2 aromatic rings. The van der Waals surface area contributed by atoms with Gasteiger partial charge in [0.1, 0.15) is 0 Å². The van der Waals surface area contributed by atoms with Gasteiger partial charge in [0.25, 0.3) is 5.91 Å². The third-order valence-corrected chi connectivity index (χ3v) is 5.23. The van der Waals surface area contributed by atoms with Crippen LogP contribution in [0.5, 0.6) is 0 Å². The van der Waals surface area contributed by atoms with E-state index in [-0.39, 0.29) is 17.9 Å². The Morgan fingerprint density at radius 2 is 1.69 bits per heavy atom. The molecule has 0 spiro atoms. The summed E-state index contributed by atoms with van der Waals surface area (Å²) in [5.74, 6) is -1.00. The normalized spacial score (nSPS) is 15.4. The number of carbonyl (C=O) groups is 3. The molecule has 0 saturated carbocycles. The molecule has 3 amide bonds. The number of amides is 3. The third-order valence-electron chi connectivity index (χ3n) is 5.23. The van der Waals surface area contributed by atoms with E-state index in [4.69, 9.17) is 0 Å². The minimum atomic E-state index is -0.633. The molecule has 1 aliphatic rings. The van der Waals surface area contributed by atoms with Crippen LogP contribution < -0.4 is 10.6 Å². The summed E-state index contributed by atoms with van der Waals surface area (Å²) in [4.78, 5) is 42.4. The lowest BCUT2D eigenvalue weighted by Gasteiger charge is -2.32. The molecule has 1 atom stereocenters. The van der Waals surface area contributed by atoms with E-state index in [2.05, 4.69) is 15.6 Å². The Hall–Kier alpha value is -3.22. The number of aromatic nitrogens is 1. The van der Waals surface area contributed by atoms with E-state index in [1.165, 1.54) is 0 Å². The van der Waals surface area contributed by atoms with E-state index in [1.807, 2.05) is 42.2 Å². The molecule has 0 bridgehead atoms. The van der Waals surface area contributed by atoms with Gasteiger partial charge in [-0.1, -0.05) is 30.3 Å². The van der Waals surface area contributed by atoms with E-state index in [0.29, 0.717) is 25.2 Å². The van der Waals surface area contributed by atoms with Gasteiger partial charge < -0.3 is 15.5 Å². The highest BCUT2D eigenvalue weighted by Crippen LogP contribution is 2.18. The Labute approximate surface area is 170 Å². The maximum absolute atomic E-state index is 12.5. The molecule has 7 nitrogen and oxygen atoms in total. The molecule has 152 valence electrons. The monoisotopic (exact) mass is 394 g/mol. The standard InChI is InChI=1S/C22H26N4O3/c1-16(18-5-3-2-4-6-18)25-21(28)20(27)24-15-17-9-13-26(14-10-17)22(29)19-7-11-23-12-8-19/h2-8,11-12,16-17H,9-10,13-15H2,1H3,(H,24,27)(H,25,28). The molecule has 2 heterocycles. The van der Waals surface area contributed by atoms with Gasteiger partial charge in [0.05, 0.1) is 6.04 Å². The van der Waals surface area contributed by atoms with Crippen molar-refractivity contribution in [2.75, 3.05) is 19.6 Å². The lowest BCUT2D eigenvalue weighted by atomic mass is 9.96. The van der Waals surface area contributed by atoms with E-state index >= 15 is 0 Å². The first-order valence-electron chi connectivity index (χ1n) is 9.87. The highest BCUT2D eigenvalue weighted by molar-refractivity contribution is 6.35. The quantitative estimate of drug-likeness (QED) is 0.758. The van der Waals surface area contributed by atoms with Crippen LogP contribution in [-0.4, -0.2) is 47.2 Å². The molecule has 1 fully saturated rings. The van der Waals surface area contributed by atoms with Crippen molar-refractivity contribution in [2.24, 2.45) is 5.92 Å². The van der Waals surface area contributed by atoms with Crippen LogP contribution in [0.15, 0.2) is 54.9 Å². The number of nitrogens with zero attached hydrogens (tertiary/aromatic N) is 2. The average Bonchev–Trinajstić information content (AvgIpc) is 2.78. The summed E-state index contributed by atoms with van der Waals surface area (Å²) in [5.41, 5.74) is 1.58. The van der Waals surface area contributed by atoms with Crippen molar-refractivity contribution in [3.8, 4) is 0 Å². The second-order valence-electron chi connectivity index (χ2n) is 7.29. The molecule has 1 aromatic heterocycles. The van der Waals surface area contributed by atoms with Gasteiger partial charge in [0.2, 0.25) is 0 Å². The second-order valence-corrected chi connectivity index (χ2v) is 7.29. The zero-order valence-electron chi connectivity index (χ0n) is 16.5. The van der Waals surface area contributed by atoms with Crippen LogP contribution in [-0.2, 0) is 9.59 Å². The Morgan fingerprint density at radius 1 is 1.03 bits per heavy atom. The number of nitrogens with one attached hydrogen (secondary N) is 2. The van der Waals surface area contributed by atoms with Gasteiger partial charge in [-0.05, 0) is 43.4 Å². The van der Waals surface area contributed by atoms with E-state index < -0.39 is 11.8 Å². The Bertz CT molecular complexity index is 834. The van der Waals surface area contributed by atoms with Crippen LogP contribution in [0.3, 0.4) is 0 Å². The number of pyridine rings is 1. The Balaban J connectivity index is 1.40. The molecule has 1 aliphatic heterocycles. The fourth-order valence-electron chi connectivity index (χ4n) is 3.42. The van der Waals surface area contributed by atoms with Crippen LogP contribution in [0.25, 0.3) is 0 Å². The summed E-state index contributed by atoms with van der Waals surface area (Å²) < 4.78 is 0. The zero-order chi connectivity index (χ0) is 20.6. The van der Waals surface area contributed by atoms with Gasteiger partial charge in [-0.25, -0.2) is 0 Å². The van der Waals surface area contributed by atoms with Crippen molar-refractivity contribution in [1.82, 2.24) is 20.5 Å². The number of piperidine rings is 1. The molecule has 0 radical (unpaired) electrons. The van der Waals surface area contributed by atoms with Crippen molar-refractivity contribution in [1.29, 1.82) is 0 Å². The number of carbonyl (C=O) groups excluding carboxylic acids is 3. The van der Waals surface area contributed by atoms with Crippen LogP contribution in [0.2, 0.25) is 0 Å². The molecular formula is C22H26N4O3. The lowest BCUT2D eigenvalue weighted by molar-refractivity contribution is -0.139. The Morgan fingerprint density at radius 3 is 2.34 bits per heavy atom. The van der Waals surface area contributed by atoms with Gasteiger partial charge >= 0.3 is 11.8 Å². The number of likely N-dealkylation sites (tertiary alicyclic amines) is 1. The Kier molecular flexibility index (Phi) is 6.94. The summed E-state index contributed by atoms with van der Waals surface area (Å²) in [6, 6.07) is 12.7. The average molecular weight is 394 g/mol. The maximum atomic E-state index is 12.5. The zero-order valence-corrected chi connectivity index (χ0v) is 16.5. The van der Waals surface area contributed by atoms with Crippen molar-refractivity contribution in [3.63, 3.8) is 0 Å². The van der Waals surface area contributed by atoms with Crippen molar-refractivity contribution in [2.45, 2.75) is 25.8 Å². The van der Waals surface area contributed by atoms with E-state index in [0.717, 1.165) is 18.4 Å². The van der Waals surface area contributed by atoms with Crippen molar-refractivity contribution in [3.05, 3.63) is 66.0 Å². The predicted octanol–water partition coefficient (Wildman–Crippen LogP) is 1.93.